The van der Waals surface area contributed by atoms with Crippen molar-refractivity contribution < 1.29 is 39.3 Å². The van der Waals surface area contributed by atoms with E-state index in [4.69, 9.17) is 10.8 Å². The molecule has 0 aliphatic heterocycles. The van der Waals surface area contributed by atoms with Gasteiger partial charge in [-0.3, -0.25) is 19.2 Å². The minimum absolute atomic E-state index is 0.274. The second-order valence-corrected chi connectivity index (χ2v) is 6.74. The van der Waals surface area contributed by atoms with Crippen molar-refractivity contribution in [3.05, 3.63) is 0 Å². The third-order valence-electron chi connectivity index (χ3n) is 4.29. The van der Waals surface area contributed by atoms with Gasteiger partial charge in [-0.2, -0.15) is 0 Å². The van der Waals surface area contributed by atoms with Gasteiger partial charge in [0.2, 0.25) is 17.7 Å². The minimum Gasteiger partial charge on any atom is -0.481 e. The summed E-state index contributed by atoms with van der Waals surface area (Å²) in [7, 11) is 0. The van der Waals surface area contributed by atoms with Crippen molar-refractivity contribution in [2.75, 3.05) is 6.61 Å². The fourth-order valence-corrected chi connectivity index (χ4v) is 2.24. The molecule has 3 amide bonds. The van der Waals surface area contributed by atoms with E-state index in [1.165, 1.54) is 6.92 Å². The first-order valence-corrected chi connectivity index (χ1v) is 9.16. The van der Waals surface area contributed by atoms with Gasteiger partial charge in [0, 0.05) is 6.42 Å². The van der Waals surface area contributed by atoms with Gasteiger partial charge in [-0.25, -0.2) is 4.79 Å². The van der Waals surface area contributed by atoms with E-state index in [1.807, 2.05) is 0 Å². The summed E-state index contributed by atoms with van der Waals surface area (Å²) in [4.78, 5) is 58.6. The second kappa shape index (κ2) is 12.7. The molecule has 0 aromatic rings. The van der Waals surface area contributed by atoms with E-state index < -0.39 is 72.8 Å². The highest BCUT2D eigenvalue weighted by Gasteiger charge is 2.31. The molecule has 5 unspecified atom stereocenters. The molecule has 0 heterocycles. The van der Waals surface area contributed by atoms with Gasteiger partial charge in [-0.05, 0) is 19.3 Å². The Balaban J connectivity index is 5.24. The Morgan fingerprint density at radius 1 is 0.897 bits per heavy atom. The molecule has 12 nitrogen and oxygen atoms in total. The summed E-state index contributed by atoms with van der Waals surface area (Å²) < 4.78 is 0. The van der Waals surface area contributed by atoms with Gasteiger partial charge in [-0.1, -0.05) is 20.3 Å². The van der Waals surface area contributed by atoms with Crippen molar-refractivity contribution in [1.29, 1.82) is 0 Å². The van der Waals surface area contributed by atoms with Crippen molar-refractivity contribution >= 4 is 29.7 Å². The fourth-order valence-electron chi connectivity index (χ4n) is 2.24. The average Bonchev–Trinajstić information content (AvgIpc) is 2.65. The number of rotatable bonds is 13. The highest BCUT2D eigenvalue weighted by atomic mass is 16.4. The van der Waals surface area contributed by atoms with Crippen LogP contribution in [-0.2, 0) is 24.0 Å². The standard InChI is InChI=1S/C17H30N4O8/c1-4-8(2)13(17(28)29)21-16(27)11(7-22)20-15(26)10(5-6-12(23)24)19-14(25)9(3)18/h8-11,13,22H,4-7,18H2,1-3H3,(H,19,25)(H,20,26)(H,21,27)(H,23,24)(H,28,29). The van der Waals surface area contributed by atoms with Crippen LogP contribution >= 0.6 is 0 Å². The van der Waals surface area contributed by atoms with Gasteiger partial charge >= 0.3 is 11.9 Å². The quantitative estimate of drug-likeness (QED) is 0.172. The molecular weight excluding hydrogens is 388 g/mol. The van der Waals surface area contributed by atoms with E-state index in [0.717, 1.165) is 0 Å². The molecule has 0 rings (SSSR count). The Morgan fingerprint density at radius 2 is 1.41 bits per heavy atom. The van der Waals surface area contributed by atoms with Gasteiger partial charge < -0.3 is 37.0 Å². The molecule has 0 spiro atoms. The average molecular weight is 418 g/mol. The molecule has 0 aromatic heterocycles. The number of aliphatic carboxylic acids is 2. The first-order chi connectivity index (χ1) is 13.4. The van der Waals surface area contributed by atoms with E-state index in [-0.39, 0.29) is 6.42 Å². The van der Waals surface area contributed by atoms with E-state index in [9.17, 15) is 34.2 Å². The Labute approximate surface area is 168 Å². The number of carbonyl (C=O) groups is 5. The molecular formula is C17H30N4O8. The van der Waals surface area contributed by atoms with E-state index in [1.54, 1.807) is 13.8 Å². The lowest BCUT2D eigenvalue weighted by Gasteiger charge is -2.25. The fraction of sp³-hybridized carbons (Fsp3) is 0.706. The van der Waals surface area contributed by atoms with Crippen molar-refractivity contribution in [3.63, 3.8) is 0 Å². The number of carbonyl (C=O) groups excluding carboxylic acids is 3. The first-order valence-electron chi connectivity index (χ1n) is 9.16. The molecule has 8 N–H and O–H groups in total. The van der Waals surface area contributed by atoms with Crippen LogP contribution in [0.5, 0.6) is 0 Å². The number of carboxylic acid groups (broad SMARTS) is 2. The monoisotopic (exact) mass is 418 g/mol. The van der Waals surface area contributed by atoms with Crippen LogP contribution < -0.4 is 21.7 Å². The first kappa shape index (κ1) is 26.3. The van der Waals surface area contributed by atoms with Crippen LogP contribution in [0.1, 0.15) is 40.0 Å². The molecule has 0 saturated heterocycles. The molecule has 0 aliphatic carbocycles. The highest BCUT2D eigenvalue weighted by Crippen LogP contribution is 2.08. The van der Waals surface area contributed by atoms with Crippen LogP contribution in [0.15, 0.2) is 0 Å². The van der Waals surface area contributed by atoms with Crippen LogP contribution in [0.3, 0.4) is 0 Å². The normalized spacial score (nSPS) is 15.9. The zero-order valence-electron chi connectivity index (χ0n) is 16.7. The summed E-state index contributed by atoms with van der Waals surface area (Å²) in [5, 5.41) is 34.2. The summed E-state index contributed by atoms with van der Waals surface area (Å²) in [6, 6.07) is -4.98. The smallest absolute Gasteiger partial charge is 0.326 e. The topological polar surface area (TPSA) is 208 Å². The van der Waals surface area contributed by atoms with Crippen molar-refractivity contribution in [3.8, 4) is 0 Å². The van der Waals surface area contributed by atoms with Gasteiger partial charge in [0.1, 0.15) is 18.1 Å². The van der Waals surface area contributed by atoms with Gasteiger partial charge in [0.15, 0.2) is 0 Å². The molecule has 0 saturated carbocycles. The maximum absolute atomic E-state index is 12.4. The van der Waals surface area contributed by atoms with Gasteiger partial charge in [-0.15, -0.1) is 0 Å². The van der Waals surface area contributed by atoms with Crippen LogP contribution in [0, 0.1) is 5.92 Å². The van der Waals surface area contributed by atoms with Crippen molar-refractivity contribution in [2.24, 2.45) is 11.7 Å². The SMILES string of the molecule is CCC(C)C(NC(=O)C(CO)NC(=O)C(CCC(=O)O)NC(=O)C(C)N)C(=O)O. The van der Waals surface area contributed by atoms with Crippen molar-refractivity contribution in [2.45, 2.75) is 64.2 Å². The molecule has 0 aliphatic rings. The third kappa shape index (κ3) is 9.34. The molecule has 0 fully saturated rings. The molecule has 0 bridgehead atoms. The largest absolute Gasteiger partial charge is 0.481 e. The summed E-state index contributed by atoms with van der Waals surface area (Å²) in [5.74, 6) is -5.41. The summed E-state index contributed by atoms with van der Waals surface area (Å²) in [6.07, 6.45) is -0.250. The number of hydrogen-bond donors (Lipinski definition) is 7. The van der Waals surface area contributed by atoms with E-state index in [2.05, 4.69) is 16.0 Å². The third-order valence-corrected chi connectivity index (χ3v) is 4.29. The number of amides is 3. The number of aliphatic hydroxyl groups is 1. The number of carboxylic acids is 2. The van der Waals surface area contributed by atoms with Crippen LogP contribution in [-0.4, -0.2) is 75.8 Å². The predicted molar refractivity (Wildman–Crippen MR) is 100 cm³/mol. The maximum Gasteiger partial charge on any atom is 0.326 e. The predicted octanol–water partition coefficient (Wildman–Crippen LogP) is -2.22. The molecule has 0 aromatic carbocycles. The molecule has 0 radical (unpaired) electrons. The number of nitrogens with two attached hydrogens (primary N) is 1. The minimum atomic E-state index is -1.49. The Hall–Kier alpha value is -2.73. The zero-order valence-corrected chi connectivity index (χ0v) is 16.7. The van der Waals surface area contributed by atoms with Gasteiger partial charge in [0.25, 0.3) is 0 Å². The van der Waals surface area contributed by atoms with Crippen LogP contribution in [0.25, 0.3) is 0 Å². The van der Waals surface area contributed by atoms with Crippen molar-refractivity contribution in [1.82, 2.24) is 16.0 Å². The number of aliphatic hydroxyl groups excluding tert-OH is 1. The Bertz CT molecular complexity index is 610. The van der Waals surface area contributed by atoms with Crippen LogP contribution in [0.2, 0.25) is 0 Å². The Morgan fingerprint density at radius 3 is 1.83 bits per heavy atom. The van der Waals surface area contributed by atoms with E-state index in [0.29, 0.717) is 6.42 Å². The van der Waals surface area contributed by atoms with Crippen LogP contribution in [0.4, 0.5) is 0 Å². The number of hydrogen-bond acceptors (Lipinski definition) is 7. The lowest BCUT2D eigenvalue weighted by Crippen LogP contribution is -2.58. The molecule has 12 heteroatoms. The van der Waals surface area contributed by atoms with Gasteiger partial charge in [0.05, 0.1) is 12.6 Å². The highest BCUT2D eigenvalue weighted by molar-refractivity contribution is 5.94. The maximum atomic E-state index is 12.4. The van der Waals surface area contributed by atoms with E-state index >= 15 is 0 Å². The number of nitrogens with one attached hydrogen (secondary N) is 3. The Kier molecular flexibility index (Phi) is 11.5. The molecule has 166 valence electrons. The summed E-state index contributed by atoms with van der Waals surface area (Å²) in [6.45, 7) is 3.90. The zero-order chi connectivity index (χ0) is 22.7. The summed E-state index contributed by atoms with van der Waals surface area (Å²) in [5.41, 5.74) is 5.42. The second-order valence-electron chi connectivity index (χ2n) is 6.74. The lowest BCUT2D eigenvalue weighted by molar-refractivity contribution is -0.144. The summed E-state index contributed by atoms with van der Waals surface area (Å²) >= 11 is 0. The molecule has 29 heavy (non-hydrogen) atoms. The lowest BCUT2D eigenvalue weighted by atomic mass is 9.99. The molecule has 5 atom stereocenters.